The lowest BCUT2D eigenvalue weighted by Crippen LogP contribution is -1.90. The fourth-order valence-corrected chi connectivity index (χ4v) is 3.01. The smallest absolute Gasteiger partial charge is 0.124 e. The van der Waals surface area contributed by atoms with Gasteiger partial charge in [0.25, 0.3) is 0 Å². The zero-order valence-corrected chi connectivity index (χ0v) is 10.8. The minimum absolute atomic E-state index is 0.667. The molecule has 0 aliphatic carbocycles. The quantitative estimate of drug-likeness (QED) is 0.655. The Kier molecular flexibility index (Phi) is 2.45. The number of aromatic nitrogens is 1. The summed E-state index contributed by atoms with van der Waals surface area (Å²) in [5.74, 6) is 0. The van der Waals surface area contributed by atoms with Crippen molar-refractivity contribution in [2.24, 2.45) is 0 Å². The van der Waals surface area contributed by atoms with E-state index >= 15 is 0 Å². The second kappa shape index (κ2) is 3.99. The Balaban J connectivity index is 2.19. The van der Waals surface area contributed by atoms with Crippen LogP contribution in [0.2, 0.25) is 0 Å². The summed E-state index contributed by atoms with van der Waals surface area (Å²) in [5.41, 5.74) is 16.2. The Labute approximate surface area is 109 Å². The minimum Gasteiger partial charge on any atom is -0.399 e. The fourth-order valence-electron chi connectivity index (χ4n) is 1.96. The van der Waals surface area contributed by atoms with Crippen molar-refractivity contribution in [1.82, 2.24) is 4.98 Å². The van der Waals surface area contributed by atoms with Crippen LogP contribution in [-0.4, -0.2) is 4.98 Å². The van der Waals surface area contributed by atoms with Gasteiger partial charge in [-0.3, -0.25) is 0 Å². The molecule has 4 heteroatoms. The third kappa shape index (κ3) is 1.91. The van der Waals surface area contributed by atoms with Crippen LogP contribution in [-0.2, 0) is 0 Å². The average Bonchev–Trinajstić information content (AvgIpc) is 2.70. The van der Waals surface area contributed by atoms with Crippen molar-refractivity contribution >= 4 is 32.9 Å². The van der Waals surface area contributed by atoms with Gasteiger partial charge in [-0.05, 0) is 42.8 Å². The van der Waals surface area contributed by atoms with Gasteiger partial charge in [-0.25, -0.2) is 4.98 Å². The number of nitrogen functional groups attached to an aromatic ring is 2. The molecule has 0 saturated carbocycles. The van der Waals surface area contributed by atoms with E-state index in [1.165, 1.54) is 10.3 Å². The van der Waals surface area contributed by atoms with Gasteiger partial charge in [0.2, 0.25) is 0 Å². The maximum Gasteiger partial charge on any atom is 0.124 e. The van der Waals surface area contributed by atoms with E-state index in [1.54, 1.807) is 17.4 Å². The molecule has 1 aromatic heterocycles. The van der Waals surface area contributed by atoms with Crippen molar-refractivity contribution in [3.05, 3.63) is 42.0 Å². The normalized spacial score (nSPS) is 10.9. The number of nitrogens with zero attached hydrogens (tertiary/aromatic N) is 1. The number of nitrogens with two attached hydrogens (primary N) is 2. The second-order valence-corrected chi connectivity index (χ2v) is 5.41. The molecule has 0 amide bonds. The van der Waals surface area contributed by atoms with Crippen LogP contribution in [0.15, 0.2) is 36.4 Å². The minimum atomic E-state index is 0.667. The van der Waals surface area contributed by atoms with Gasteiger partial charge in [0, 0.05) is 16.9 Å². The van der Waals surface area contributed by atoms with Crippen molar-refractivity contribution in [3.63, 3.8) is 0 Å². The number of anilines is 2. The lowest BCUT2D eigenvalue weighted by atomic mass is 10.2. The summed E-state index contributed by atoms with van der Waals surface area (Å²) in [6.07, 6.45) is 0. The molecule has 0 aliphatic heterocycles. The molecule has 3 nitrogen and oxygen atoms in total. The summed E-state index contributed by atoms with van der Waals surface area (Å²) in [5, 5.41) is 0.953. The van der Waals surface area contributed by atoms with Gasteiger partial charge < -0.3 is 11.5 Å². The molecule has 2 aromatic carbocycles. The topological polar surface area (TPSA) is 64.9 Å². The molecule has 0 radical (unpaired) electrons. The first-order chi connectivity index (χ1) is 8.61. The van der Waals surface area contributed by atoms with Gasteiger partial charge in [-0.1, -0.05) is 6.07 Å². The van der Waals surface area contributed by atoms with Gasteiger partial charge in [-0.2, -0.15) is 0 Å². The lowest BCUT2D eigenvalue weighted by molar-refractivity contribution is 1.45. The number of hydrogen-bond donors (Lipinski definition) is 2. The van der Waals surface area contributed by atoms with E-state index in [4.69, 9.17) is 11.5 Å². The summed E-state index contributed by atoms with van der Waals surface area (Å²) in [7, 11) is 0. The largest absolute Gasteiger partial charge is 0.399 e. The van der Waals surface area contributed by atoms with Gasteiger partial charge in [0.1, 0.15) is 5.01 Å². The van der Waals surface area contributed by atoms with E-state index < -0.39 is 0 Å². The Bertz CT molecular complexity index is 711. The Morgan fingerprint density at radius 2 is 1.72 bits per heavy atom. The molecule has 0 bridgehead atoms. The Morgan fingerprint density at radius 3 is 2.44 bits per heavy atom. The van der Waals surface area contributed by atoms with Crippen molar-refractivity contribution in [3.8, 4) is 10.6 Å². The van der Waals surface area contributed by atoms with Crippen molar-refractivity contribution in [2.45, 2.75) is 6.92 Å². The van der Waals surface area contributed by atoms with Crippen LogP contribution in [0.3, 0.4) is 0 Å². The van der Waals surface area contributed by atoms with Gasteiger partial charge in [-0.15, -0.1) is 11.3 Å². The van der Waals surface area contributed by atoms with Gasteiger partial charge >= 0.3 is 0 Å². The molecule has 0 spiro atoms. The van der Waals surface area contributed by atoms with Crippen LogP contribution in [0.25, 0.3) is 20.8 Å². The van der Waals surface area contributed by atoms with Gasteiger partial charge in [0.15, 0.2) is 0 Å². The van der Waals surface area contributed by atoms with E-state index in [2.05, 4.69) is 24.0 Å². The Morgan fingerprint density at radius 1 is 1.00 bits per heavy atom. The predicted octanol–water partition coefficient (Wildman–Crippen LogP) is 3.44. The molecular weight excluding hydrogens is 242 g/mol. The van der Waals surface area contributed by atoms with E-state index in [0.29, 0.717) is 11.4 Å². The monoisotopic (exact) mass is 255 g/mol. The maximum atomic E-state index is 5.81. The molecule has 0 fully saturated rings. The van der Waals surface area contributed by atoms with Crippen LogP contribution in [0, 0.1) is 6.92 Å². The molecule has 0 unspecified atom stereocenters. The summed E-state index contributed by atoms with van der Waals surface area (Å²) in [4.78, 5) is 4.61. The molecule has 1 heterocycles. The van der Waals surface area contributed by atoms with Crippen LogP contribution in [0.4, 0.5) is 11.4 Å². The van der Waals surface area contributed by atoms with Crippen molar-refractivity contribution < 1.29 is 0 Å². The average molecular weight is 255 g/mol. The van der Waals surface area contributed by atoms with Crippen molar-refractivity contribution in [1.29, 1.82) is 0 Å². The van der Waals surface area contributed by atoms with Gasteiger partial charge in [0.05, 0.1) is 10.2 Å². The van der Waals surface area contributed by atoms with Crippen LogP contribution < -0.4 is 11.5 Å². The number of fused-ring (bicyclic) bond motifs is 1. The highest BCUT2D eigenvalue weighted by Gasteiger charge is 2.07. The number of rotatable bonds is 1. The van der Waals surface area contributed by atoms with Crippen molar-refractivity contribution in [2.75, 3.05) is 11.5 Å². The third-order valence-corrected chi connectivity index (χ3v) is 3.84. The zero-order chi connectivity index (χ0) is 12.7. The fraction of sp³-hybridized carbons (Fsp3) is 0.0714. The number of thiazole rings is 1. The first-order valence-corrected chi connectivity index (χ1v) is 6.47. The lowest BCUT2D eigenvalue weighted by Gasteiger charge is -2.00. The standard InChI is InChI=1S/C14H13N3S/c1-8-2-3-12-13(4-8)18-14(17-12)9-5-10(15)7-11(16)6-9/h2-7H,15-16H2,1H3. The van der Waals surface area contributed by atoms with E-state index in [-0.39, 0.29) is 0 Å². The third-order valence-electron chi connectivity index (χ3n) is 2.77. The van der Waals surface area contributed by atoms with E-state index in [0.717, 1.165) is 16.1 Å². The molecule has 18 heavy (non-hydrogen) atoms. The number of benzene rings is 2. The summed E-state index contributed by atoms with van der Waals surface area (Å²) in [6, 6.07) is 11.8. The predicted molar refractivity (Wildman–Crippen MR) is 78.6 cm³/mol. The van der Waals surface area contributed by atoms with Crippen LogP contribution >= 0.6 is 11.3 Å². The first-order valence-electron chi connectivity index (χ1n) is 5.65. The summed E-state index contributed by atoms with van der Waals surface area (Å²) >= 11 is 1.66. The molecule has 0 saturated heterocycles. The van der Waals surface area contributed by atoms with Crippen LogP contribution in [0.5, 0.6) is 0 Å². The zero-order valence-electron chi connectivity index (χ0n) is 9.97. The van der Waals surface area contributed by atoms with Crippen LogP contribution in [0.1, 0.15) is 5.56 Å². The van der Waals surface area contributed by atoms with E-state index in [9.17, 15) is 0 Å². The first kappa shape index (κ1) is 11.0. The number of aryl methyl sites for hydroxylation is 1. The molecule has 3 aromatic rings. The molecule has 90 valence electrons. The molecular formula is C14H13N3S. The summed E-state index contributed by atoms with van der Waals surface area (Å²) < 4.78 is 1.19. The SMILES string of the molecule is Cc1ccc2nc(-c3cc(N)cc(N)c3)sc2c1. The number of hydrogen-bond acceptors (Lipinski definition) is 4. The highest BCUT2D eigenvalue weighted by molar-refractivity contribution is 7.21. The highest BCUT2D eigenvalue weighted by Crippen LogP contribution is 2.32. The highest BCUT2D eigenvalue weighted by atomic mass is 32.1. The Hall–Kier alpha value is -2.07. The molecule has 0 atom stereocenters. The molecule has 0 aliphatic rings. The molecule has 3 rings (SSSR count). The maximum absolute atomic E-state index is 5.81. The summed E-state index contributed by atoms with van der Waals surface area (Å²) in [6.45, 7) is 2.08. The van der Waals surface area contributed by atoms with E-state index in [1.807, 2.05) is 18.2 Å². The second-order valence-electron chi connectivity index (χ2n) is 4.38. The molecule has 4 N–H and O–H groups in total.